The van der Waals surface area contributed by atoms with Crippen molar-refractivity contribution in [2.75, 3.05) is 13.1 Å². The minimum atomic E-state index is -4.36. The van der Waals surface area contributed by atoms with E-state index in [1.807, 2.05) is 24.0 Å². The van der Waals surface area contributed by atoms with Crippen molar-refractivity contribution in [3.63, 3.8) is 0 Å². The molecule has 0 N–H and O–H groups in total. The van der Waals surface area contributed by atoms with Crippen molar-refractivity contribution in [1.82, 2.24) is 19.7 Å². The lowest BCUT2D eigenvalue weighted by atomic mass is 9.92. The summed E-state index contributed by atoms with van der Waals surface area (Å²) >= 11 is 0. The van der Waals surface area contributed by atoms with E-state index >= 15 is 0 Å². The van der Waals surface area contributed by atoms with E-state index in [-0.39, 0.29) is 11.8 Å². The number of amides is 1. The number of nitrogens with zero attached hydrogens (tertiary/aromatic N) is 4. The fourth-order valence-corrected chi connectivity index (χ4v) is 4.32. The molecule has 5 nitrogen and oxygen atoms in total. The van der Waals surface area contributed by atoms with Crippen molar-refractivity contribution >= 4 is 5.91 Å². The van der Waals surface area contributed by atoms with E-state index in [0.717, 1.165) is 35.9 Å². The second-order valence-corrected chi connectivity index (χ2v) is 8.35. The summed E-state index contributed by atoms with van der Waals surface area (Å²) in [6.45, 7) is 3.13. The van der Waals surface area contributed by atoms with Crippen LogP contribution in [0.3, 0.4) is 0 Å². The fraction of sp³-hybridized carbons (Fsp3) is 0.375. The SMILES string of the molecule is Cc1cc(Cc2cccc(C(F)(F)F)c2)cc([C@@H]2CCCN(C(=O)c3ccnn3C)C2)n1. The van der Waals surface area contributed by atoms with Gasteiger partial charge in [0, 0.05) is 43.6 Å². The summed E-state index contributed by atoms with van der Waals surface area (Å²) in [6.07, 6.45) is -0.579. The quantitative estimate of drug-likeness (QED) is 0.586. The van der Waals surface area contributed by atoms with Crippen molar-refractivity contribution in [3.05, 3.63) is 82.4 Å². The molecule has 0 spiro atoms. The predicted octanol–water partition coefficient (Wildman–Crippen LogP) is 4.75. The van der Waals surface area contributed by atoms with Crippen LogP contribution in [-0.4, -0.2) is 38.7 Å². The standard InChI is InChI=1S/C24H25F3N4O/c1-16-11-18(12-17-5-3-7-20(13-17)24(25,26)27)14-21(29-16)19-6-4-10-31(15-19)23(32)22-8-9-28-30(22)2/h3,5,7-9,11,13-14,19H,4,6,10,12,15H2,1-2H3/t19-/m1/s1. The highest BCUT2D eigenvalue weighted by Crippen LogP contribution is 2.31. The van der Waals surface area contributed by atoms with Crippen molar-refractivity contribution < 1.29 is 18.0 Å². The molecule has 1 amide bonds. The summed E-state index contributed by atoms with van der Waals surface area (Å²) in [6, 6.07) is 11.0. The predicted molar refractivity (Wildman–Crippen MR) is 114 cm³/mol. The van der Waals surface area contributed by atoms with Gasteiger partial charge in [-0.3, -0.25) is 14.5 Å². The van der Waals surface area contributed by atoms with Crippen LogP contribution in [0.2, 0.25) is 0 Å². The van der Waals surface area contributed by atoms with Gasteiger partial charge < -0.3 is 4.90 Å². The molecule has 0 radical (unpaired) electrons. The maximum atomic E-state index is 13.1. The number of carbonyl (C=O) groups excluding carboxylic acids is 1. The van der Waals surface area contributed by atoms with Crippen molar-refractivity contribution in [1.29, 1.82) is 0 Å². The van der Waals surface area contributed by atoms with Gasteiger partial charge in [-0.1, -0.05) is 18.2 Å². The first-order valence-electron chi connectivity index (χ1n) is 10.6. The molecule has 4 rings (SSSR count). The van der Waals surface area contributed by atoms with Gasteiger partial charge in [-0.2, -0.15) is 18.3 Å². The Bertz CT molecular complexity index is 1120. The number of piperidine rings is 1. The van der Waals surface area contributed by atoms with Gasteiger partial charge in [-0.25, -0.2) is 0 Å². The van der Waals surface area contributed by atoms with Crippen molar-refractivity contribution in [2.24, 2.45) is 7.05 Å². The molecule has 1 aromatic carbocycles. The zero-order valence-corrected chi connectivity index (χ0v) is 18.1. The van der Waals surface area contributed by atoms with Gasteiger partial charge in [0.1, 0.15) is 5.69 Å². The zero-order chi connectivity index (χ0) is 22.9. The number of carbonyl (C=O) groups is 1. The molecule has 32 heavy (non-hydrogen) atoms. The zero-order valence-electron chi connectivity index (χ0n) is 18.1. The Labute approximate surface area is 184 Å². The Hall–Kier alpha value is -3.16. The molecule has 1 saturated heterocycles. The molecule has 8 heteroatoms. The van der Waals surface area contributed by atoms with E-state index in [1.165, 1.54) is 12.1 Å². The Morgan fingerprint density at radius 1 is 1.16 bits per heavy atom. The summed E-state index contributed by atoms with van der Waals surface area (Å²) in [5, 5.41) is 4.08. The molecule has 1 aliphatic rings. The van der Waals surface area contributed by atoms with E-state index < -0.39 is 11.7 Å². The number of aryl methyl sites for hydroxylation is 2. The first-order chi connectivity index (χ1) is 15.2. The normalized spacial score (nSPS) is 16.9. The molecule has 3 aromatic rings. The Kier molecular flexibility index (Phi) is 6.04. The topological polar surface area (TPSA) is 51.0 Å². The highest BCUT2D eigenvalue weighted by Gasteiger charge is 2.30. The van der Waals surface area contributed by atoms with Crippen LogP contribution in [0.25, 0.3) is 0 Å². The van der Waals surface area contributed by atoms with Gasteiger partial charge in [-0.15, -0.1) is 0 Å². The number of likely N-dealkylation sites (tertiary alicyclic amines) is 1. The molecular weight excluding hydrogens is 417 g/mol. The Morgan fingerprint density at radius 3 is 2.69 bits per heavy atom. The molecule has 1 atom stereocenters. The number of halogens is 3. The van der Waals surface area contributed by atoms with Crippen LogP contribution >= 0.6 is 0 Å². The first kappa shape index (κ1) is 22.0. The second kappa shape index (κ2) is 8.76. The summed E-state index contributed by atoms with van der Waals surface area (Å²) in [5.41, 5.74) is 3.13. The van der Waals surface area contributed by atoms with Crippen LogP contribution in [-0.2, 0) is 19.6 Å². The molecular formula is C24H25F3N4O. The van der Waals surface area contributed by atoms with Crippen LogP contribution in [0.1, 0.15) is 57.3 Å². The lowest BCUT2D eigenvalue weighted by molar-refractivity contribution is -0.137. The lowest BCUT2D eigenvalue weighted by Gasteiger charge is -2.32. The molecule has 2 aromatic heterocycles. The van der Waals surface area contributed by atoms with Crippen LogP contribution in [0.15, 0.2) is 48.7 Å². The minimum absolute atomic E-state index is 0.0495. The second-order valence-electron chi connectivity index (χ2n) is 8.35. The van der Waals surface area contributed by atoms with Gasteiger partial charge >= 0.3 is 6.18 Å². The fourth-order valence-electron chi connectivity index (χ4n) is 4.32. The molecule has 0 unspecified atom stereocenters. The third kappa shape index (κ3) is 4.84. The van der Waals surface area contributed by atoms with E-state index in [1.54, 1.807) is 30.1 Å². The number of aromatic nitrogens is 3. The summed E-state index contributed by atoms with van der Waals surface area (Å²) in [4.78, 5) is 19.4. The lowest BCUT2D eigenvalue weighted by Crippen LogP contribution is -2.40. The average molecular weight is 442 g/mol. The van der Waals surface area contributed by atoms with Gasteiger partial charge in [0.25, 0.3) is 5.91 Å². The summed E-state index contributed by atoms with van der Waals surface area (Å²) < 4.78 is 40.8. The number of hydrogen-bond acceptors (Lipinski definition) is 3. The smallest absolute Gasteiger partial charge is 0.337 e. The average Bonchev–Trinajstić information content (AvgIpc) is 3.18. The maximum absolute atomic E-state index is 13.1. The molecule has 3 heterocycles. The molecule has 0 aliphatic carbocycles. The van der Waals surface area contributed by atoms with E-state index in [0.29, 0.717) is 30.8 Å². The Balaban J connectivity index is 1.54. The van der Waals surface area contributed by atoms with Crippen LogP contribution in [0.5, 0.6) is 0 Å². The summed E-state index contributed by atoms with van der Waals surface area (Å²) in [7, 11) is 1.75. The van der Waals surface area contributed by atoms with Gasteiger partial charge in [-0.05, 0) is 61.6 Å². The third-order valence-electron chi connectivity index (χ3n) is 5.86. The number of alkyl halides is 3. The summed E-state index contributed by atoms with van der Waals surface area (Å²) in [5.74, 6) is 0.0348. The molecule has 0 bridgehead atoms. The van der Waals surface area contributed by atoms with Crippen LogP contribution < -0.4 is 0 Å². The largest absolute Gasteiger partial charge is 0.416 e. The van der Waals surface area contributed by atoms with Gasteiger partial charge in [0.05, 0.1) is 5.56 Å². The highest BCUT2D eigenvalue weighted by molar-refractivity contribution is 5.92. The number of hydrogen-bond donors (Lipinski definition) is 0. The minimum Gasteiger partial charge on any atom is -0.337 e. The third-order valence-corrected chi connectivity index (χ3v) is 5.86. The first-order valence-corrected chi connectivity index (χ1v) is 10.6. The monoisotopic (exact) mass is 442 g/mol. The van der Waals surface area contributed by atoms with E-state index in [2.05, 4.69) is 5.10 Å². The molecule has 168 valence electrons. The van der Waals surface area contributed by atoms with Crippen LogP contribution in [0.4, 0.5) is 13.2 Å². The number of rotatable bonds is 4. The van der Waals surface area contributed by atoms with Crippen molar-refractivity contribution in [3.8, 4) is 0 Å². The van der Waals surface area contributed by atoms with Gasteiger partial charge in [0.2, 0.25) is 0 Å². The highest BCUT2D eigenvalue weighted by atomic mass is 19.4. The molecule has 1 fully saturated rings. The molecule has 1 aliphatic heterocycles. The number of benzene rings is 1. The van der Waals surface area contributed by atoms with E-state index in [4.69, 9.17) is 4.98 Å². The molecule has 0 saturated carbocycles. The van der Waals surface area contributed by atoms with Crippen LogP contribution in [0, 0.1) is 6.92 Å². The Morgan fingerprint density at radius 2 is 1.97 bits per heavy atom. The van der Waals surface area contributed by atoms with Gasteiger partial charge in [0.15, 0.2) is 0 Å². The van der Waals surface area contributed by atoms with Crippen molar-refractivity contribution in [2.45, 2.75) is 38.3 Å². The number of pyridine rings is 1. The van der Waals surface area contributed by atoms with E-state index in [9.17, 15) is 18.0 Å². The maximum Gasteiger partial charge on any atom is 0.416 e.